The third-order valence-corrected chi connectivity index (χ3v) is 1.68. The lowest BCUT2D eigenvalue weighted by Crippen LogP contribution is -2.42. The Labute approximate surface area is 78.5 Å². The van der Waals surface area contributed by atoms with Gasteiger partial charge in [0, 0.05) is 13.7 Å². The molecule has 0 aromatic rings. The predicted octanol–water partition coefficient (Wildman–Crippen LogP) is -0.334. The molecule has 0 aromatic heterocycles. The summed E-state index contributed by atoms with van der Waals surface area (Å²) in [5, 5.41) is 0. The highest BCUT2D eigenvalue weighted by molar-refractivity contribution is 5.81. The Morgan fingerprint density at radius 1 is 1.46 bits per heavy atom. The topological polar surface area (TPSA) is 73.6 Å². The summed E-state index contributed by atoms with van der Waals surface area (Å²) < 4.78 is 4.73. The molecule has 0 saturated carbocycles. The molecule has 0 aliphatic heterocycles. The van der Waals surface area contributed by atoms with Crippen molar-refractivity contribution >= 4 is 5.91 Å². The lowest BCUT2D eigenvalue weighted by molar-refractivity contribution is -0.143. The monoisotopic (exact) mass is 190 g/mol. The highest BCUT2D eigenvalue weighted by Gasteiger charge is 2.25. The van der Waals surface area contributed by atoms with Crippen LogP contribution in [-0.4, -0.2) is 32.8 Å². The van der Waals surface area contributed by atoms with Gasteiger partial charge < -0.3 is 10.5 Å². The standard InChI is InChI=1S/C8H18N2O3/c1-8(2,6-9)7(11)10-13-5-4-12-3/h4-6,9H2,1-3H3,(H,10,11). The maximum absolute atomic E-state index is 11.3. The van der Waals surface area contributed by atoms with E-state index in [1.165, 1.54) is 0 Å². The quantitative estimate of drug-likeness (QED) is 0.444. The fourth-order valence-electron chi connectivity index (χ4n) is 0.472. The van der Waals surface area contributed by atoms with Crippen molar-refractivity contribution < 1.29 is 14.4 Å². The molecule has 13 heavy (non-hydrogen) atoms. The largest absolute Gasteiger partial charge is 0.382 e. The molecule has 0 saturated heterocycles. The van der Waals surface area contributed by atoms with Crippen LogP contribution in [0.25, 0.3) is 0 Å². The van der Waals surface area contributed by atoms with Gasteiger partial charge >= 0.3 is 0 Å². The number of hydrogen-bond donors (Lipinski definition) is 2. The van der Waals surface area contributed by atoms with E-state index in [1.807, 2.05) is 0 Å². The fraction of sp³-hybridized carbons (Fsp3) is 0.875. The van der Waals surface area contributed by atoms with Crippen molar-refractivity contribution in [1.29, 1.82) is 0 Å². The van der Waals surface area contributed by atoms with E-state index in [-0.39, 0.29) is 12.5 Å². The van der Waals surface area contributed by atoms with Crippen LogP contribution in [0.1, 0.15) is 13.8 Å². The molecule has 3 N–H and O–H groups in total. The van der Waals surface area contributed by atoms with Crippen LogP contribution in [0.3, 0.4) is 0 Å². The zero-order valence-corrected chi connectivity index (χ0v) is 8.42. The molecule has 0 bridgehead atoms. The molecule has 0 fully saturated rings. The van der Waals surface area contributed by atoms with Crippen molar-refractivity contribution in [3.05, 3.63) is 0 Å². The Kier molecular flexibility index (Phi) is 5.61. The van der Waals surface area contributed by atoms with Gasteiger partial charge in [-0.2, -0.15) is 0 Å². The number of nitrogens with two attached hydrogens (primary N) is 1. The highest BCUT2D eigenvalue weighted by Crippen LogP contribution is 2.11. The normalized spacial score (nSPS) is 11.4. The molecule has 0 aliphatic rings. The SMILES string of the molecule is COCCONC(=O)C(C)(C)CN. The fourth-order valence-corrected chi connectivity index (χ4v) is 0.472. The van der Waals surface area contributed by atoms with E-state index >= 15 is 0 Å². The Hall–Kier alpha value is -0.650. The van der Waals surface area contributed by atoms with Gasteiger partial charge in [-0.05, 0) is 13.8 Å². The maximum Gasteiger partial charge on any atom is 0.250 e. The average molecular weight is 190 g/mol. The second-order valence-corrected chi connectivity index (χ2v) is 3.36. The Bertz CT molecular complexity index is 159. The molecule has 0 rings (SSSR count). The predicted molar refractivity (Wildman–Crippen MR) is 48.8 cm³/mol. The van der Waals surface area contributed by atoms with Gasteiger partial charge in [0.25, 0.3) is 0 Å². The van der Waals surface area contributed by atoms with Crippen LogP contribution in [0.5, 0.6) is 0 Å². The lowest BCUT2D eigenvalue weighted by Gasteiger charge is -2.20. The van der Waals surface area contributed by atoms with Crippen LogP contribution in [0.15, 0.2) is 0 Å². The van der Waals surface area contributed by atoms with Crippen molar-refractivity contribution in [3.63, 3.8) is 0 Å². The van der Waals surface area contributed by atoms with Crippen LogP contribution in [0.4, 0.5) is 0 Å². The summed E-state index contributed by atoms with van der Waals surface area (Å²) in [4.78, 5) is 16.1. The van der Waals surface area contributed by atoms with Gasteiger partial charge in [-0.3, -0.25) is 9.63 Å². The third-order valence-electron chi connectivity index (χ3n) is 1.68. The number of carbonyl (C=O) groups excluding carboxylic acids is 1. The number of nitrogens with one attached hydrogen (secondary N) is 1. The van der Waals surface area contributed by atoms with E-state index in [2.05, 4.69) is 5.48 Å². The van der Waals surface area contributed by atoms with Crippen molar-refractivity contribution in [3.8, 4) is 0 Å². The van der Waals surface area contributed by atoms with Gasteiger partial charge in [0.05, 0.1) is 18.6 Å². The Morgan fingerprint density at radius 3 is 2.54 bits per heavy atom. The third kappa shape index (κ3) is 4.82. The number of carbonyl (C=O) groups is 1. The van der Waals surface area contributed by atoms with E-state index in [9.17, 15) is 4.79 Å². The average Bonchev–Trinajstić information content (AvgIpc) is 2.12. The summed E-state index contributed by atoms with van der Waals surface area (Å²) in [6.07, 6.45) is 0. The van der Waals surface area contributed by atoms with Gasteiger partial charge in [0.2, 0.25) is 5.91 Å². The van der Waals surface area contributed by atoms with E-state index < -0.39 is 5.41 Å². The zero-order chi connectivity index (χ0) is 10.3. The minimum absolute atomic E-state index is 0.217. The molecule has 5 heteroatoms. The number of ether oxygens (including phenoxy) is 1. The van der Waals surface area contributed by atoms with Gasteiger partial charge in [-0.25, -0.2) is 5.48 Å². The highest BCUT2D eigenvalue weighted by atomic mass is 16.7. The van der Waals surface area contributed by atoms with Gasteiger partial charge in [-0.15, -0.1) is 0 Å². The molecular weight excluding hydrogens is 172 g/mol. The number of amides is 1. The minimum Gasteiger partial charge on any atom is -0.382 e. The van der Waals surface area contributed by atoms with Crippen molar-refractivity contribution in [1.82, 2.24) is 5.48 Å². The van der Waals surface area contributed by atoms with Crippen LogP contribution in [0.2, 0.25) is 0 Å². The smallest absolute Gasteiger partial charge is 0.250 e. The van der Waals surface area contributed by atoms with Gasteiger partial charge in [0.15, 0.2) is 0 Å². The molecule has 0 radical (unpaired) electrons. The van der Waals surface area contributed by atoms with Gasteiger partial charge in [0.1, 0.15) is 0 Å². The summed E-state index contributed by atoms with van der Waals surface area (Å²) in [6.45, 7) is 4.57. The summed E-state index contributed by atoms with van der Waals surface area (Å²) in [5.41, 5.74) is 7.12. The number of hydroxylamine groups is 1. The zero-order valence-electron chi connectivity index (χ0n) is 8.42. The molecule has 0 aromatic carbocycles. The van der Waals surface area contributed by atoms with Crippen molar-refractivity contribution in [2.45, 2.75) is 13.8 Å². The molecule has 1 amide bonds. The van der Waals surface area contributed by atoms with Crippen molar-refractivity contribution in [2.24, 2.45) is 11.1 Å². The maximum atomic E-state index is 11.3. The van der Waals surface area contributed by atoms with Crippen LogP contribution in [-0.2, 0) is 14.4 Å². The number of methoxy groups -OCH3 is 1. The van der Waals surface area contributed by atoms with Crippen LogP contribution >= 0.6 is 0 Å². The molecule has 5 nitrogen and oxygen atoms in total. The summed E-state index contributed by atoms with van der Waals surface area (Å²) in [5.74, 6) is -0.217. The molecular formula is C8H18N2O3. The first-order valence-electron chi connectivity index (χ1n) is 4.16. The molecule has 0 aliphatic carbocycles. The minimum atomic E-state index is -0.590. The first-order valence-corrected chi connectivity index (χ1v) is 4.16. The molecule has 0 unspecified atom stereocenters. The summed E-state index contributed by atoms with van der Waals surface area (Å²) in [6, 6.07) is 0. The van der Waals surface area contributed by atoms with E-state index in [0.29, 0.717) is 13.2 Å². The first kappa shape index (κ1) is 12.3. The molecule has 0 atom stereocenters. The first-order chi connectivity index (χ1) is 6.04. The van der Waals surface area contributed by atoms with Crippen molar-refractivity contribution in [2.75, 3.05) is 26.9 Å². The summed E-state index contributed by atoms with van der Waals surface area (Å²) >= 11 is 0. The Balaban J connectivity index is 3.62. The molecule has 78 valence electrons. The van der Waals surface area contributed by atoms with E-state index in [1.54, 1.807) is 21.0 Å². The molecule has 0 spiro atoms. The molecule has 0 heterocycles. The van der Waals surface area contributed by atoms with Gasteiger partial charge in [-0.1, -0.05) is 0 Å². The number of rotatable bonds is 6. The summed E-state index contributed by atoms with van der Waals surface area (Å²) in [7, 11) is 1.56. The Morgan fingerprint density at radius 2 is 2.08 bits per heavy atom. The van der Waals surface area contributed by atoms with E-state index in [0.717, 1.165) is 0 Å². The van der Waals surface area contributed by atoms with Crippen LogP contribution < -0.4 is 11.2 Å². The number of hydrogen-bond acceptors (Lipinski definition) is 4. The second-order valence-electron chi connectivity index (χ2n) is 3.36. The lowest BCUT2D eigenvalue weighted by atomic mass is 9.93. The second kappa shape index (κ2) is 5.90. The van der Waals surface area contributed by atoms with E-state index in [4.69, 9.17) is 15.3 Å². The van der Waals surface area contributed by atoms with Crippen LogP contribution in [0, 0.1) is 5.41 Å².